The average molecular weight is 246 g/mol. The van der Waals surface area contributed by atoms with Crippen LogP contribution in [-0.2, 0) is 11.3 Å². The Morgan fingerprint density at radius 1 is 1.12 bits per heavy atom. The van der Waals surface area contributed by atoms with E-state index >= 15 is 0 Å². The minimum Gasteiger partial charge on any atom is -0.376 e. The largest absolute Gasteiger partial charge is 0.376 e. The molecule has 0 spiro atoms. The maximum absolute atomic E-state index is 11.5. The summed E-state index contributed by atoms with van der Waals surface area (Å²) in [5, 5.41) is 7.93. The molecule has 88 valence electrons. The molecule has 4 heteroatoms. The number of carbonyl (C=O) groups excluding carboxylic acids is 1. The summed E-state index contributed by atoms with van der Waals surface area (Å²) >= 11 is 1.64. The quantitative estimate of drug-likeness (QED) is 0.851. The van der Waals surface area contributed by atoms with Crippen molar-refractivity contribution >= 4 is 22.9 Å². The first-order chi connectivity index (χ1) is 8.34. The zero-order valence-corrected chi connectivity index (χ0v) is 10.2. The van der Waals surface area contributed by atoms with E-state index in [2.05, 4.69) is 10.6 Å². The fourth-order valence-corrected chi connectivity index (χ4v) is 2.04. The number of anilines is 1. The molecule has 0 aliphatic rings. The van der Waals surface area contributed by atoms with E-state index in [9.17, 15) is 4.79 Å². The molecule has 0 unspecified atom stereocenters. The molecule has 2 aromatic rings. The van der Waals surface area contributed by atoms with Crippen LogP contribution in [0.25, 0.3) is 0 Å². The summed E-state index contributed by atoms with van der Waals surface area (Å²) in [4.78, 5) is 12.7. The SMILES string of the molecule is O=C(CNc1ccccc1)NCc1cccs1. The van der Waals surface area contributed by atoms with Crippen molar-refractivity contribution in [3.05, 3.63) is 52.7 Å². The summed E-state index contributed by atoms with van der Waals surface area (Å²) in [5.74, 6) is 0.00209. The second kappa shape index (κ2) is 6.06. The fraction of sp³-hybridized carbons (Fsp3) is 0.154. The van der Waals surface area contributed by atoms with Crippen LogP contribution >= 0.6 is 11.3 Å². The monoisotopic (exact) mass is 246 g/mol. The van der Waals surface area contributed by atoms with Crippen LogP contribution < -0.4 is 10.6 Å². The van der Waals surface area contributed by atoms with Crippen molar-refractivity contribution in [1.29, 1.82) is 0 Å². The van der Waals surface area contributed by atoms with E-state index in [0.29, 0.717) is 13.1 Å². The molecule has 1 amide bonds. The second-order valence-corrected chi connectivity index (χ2v) is 4.61. The highest BCUT2D eigenvalue weighted by atomic mass is 32.1. The maximum Gasteiger partial charge on any atom is 0.239 e. The molecule has 0 saturated carbocycles. The summed E-state index contributed by atoms with van der Waals surface area (Å²) in [6, 6.07) is 13.7. The lowest BCUT2D eigenvalue weighted by molar-refractivity contribution is -0.119. The molecule has 0 saturated heterocycles. The molecule has 17 heavy (non-hydrogen) atoms. The molecule has 1 aromatic heterocycles. The van der Waals surface area contributed by atoms with Gasteiger partial charge in [-0.3, -0.25) is 4.79 Å². The Bertz CT molecular complexity index is 454. The molecule has 0 radical (unpaired) electrons. The Morgan fingerprint density at radius 2 is 1.94 bits per heavy atom. The van der Waals surface area contributed by atoms with Gasteiger partial charge in [-0.05, 0) is 23.6 Å². The molecule has 0 fully saturated rings. The van der Waals surface area contributed by atoms with Crippen molar-refractivity contribution in [3.8, 4) is 0 Å². The predicted octanol–water partition coefficient (Wildman–Crippen LogP) is 2.48. The standard InChI is InChI=1S/C13H14N2OS/c16-13(15-9-12-7-4-8-17-12)10-14-11-5-2-1-3-6-11/h1-8,14H,9-10H2,(H,15,16). The van der Waals surface area contributed by atoms with Gasteiger partial charge in [-0.1, -0.05) is 24.3 Å². The van der Waals surface area contributed by atoms with Crippen molar-refractivity contribution < 1.29 is 4.79 Å². The number of hydrogen-bond acceptors (Lipinski definition) is 3. The van der Waals surface area contributed by atoms with Crippen LogP contribution in [0.4, 0.5) is 5.69 Å². The summed E-state index contributed by atoms with van der Waals surface area (Å²) < 4.78 is 0. The number of rotatable bonds is 5. The number of carbonyl (C=O) groups is 1. The zero-order valence-electron chi connectivity index (χ0n) is 9.35. The first kappa shape index (κ1) is 11.7. The van der Waals surface area contributed by atoms with Crippen LogP contribution in [0, 0.1) is 0 Å². The molecule has 0 bridgehead atoms. The van der Waals surface area contributed by atoms with E-state index in [1.807, 2.05) is 47.8 Å². The van der Waals surface area contributed by atoms with E-state index in [1.165, 1.54) is 0 Å². The lowest BCUT2D eigenvalue weighted by Gasteiger charge is -2.06. The third-order valence-corrected chi connectivity index (χ3v) is 3.14. The van der Waals surface area contributed by atoms with Crippen molar-refractivity contribution in [1.82, 2.24) is 5.32 Å². The number of nitrogens with one attached hydrogen (secondary N) is 2. The van der Waals surface area contributed by atoms with E-state index in [4.69, 9.17) is 0 Å². The third-order valence-electron chi connectivity index (χ3n) is 2.27. The predicted molar refractivity (Wildman–Crippen MR) is 71.1 cm³/mol. The van der Waals surface area contributed by atoms with Gasteiger partial charge in [0.15, 0.2) is 0 Å². The van der Waals surface area contributed by atoms with Gasteiger partial charge in [0.1, 0.15) is 0 Å². The average Bonchev–Trinajstić information content (AvgIpc) is 2.88. The van der Waals surface area contributed by atoms with Crippen molar-refractivity contribution in [2.75, 3.05) is 11.9 Å². The van der Waals surface area contributed by atoms with Gasteiger partial charge in [-0.15, -0.1) is 11.3 Å². The van der Waals surface area contributed by atoms with Gasteiger partial charge in [-0.25, -0.2) is 0 Å². The molecule has 2 rings (SSSR count). The highest BCUT2D eigenvalue weighted by Gasteiger charge is 2.01. The van der Waals surface area contributed by atoms with Gasteiger partial charge in [0.05, 0.1) is 13.1 Å². The van der Waals surface area contributed by atoms with Gasteiger partial charge < -0.3 is 10.6 Å². The van der Waals surface area contributed by atoms with Gasteiger partial charge in [0.2, 0.25) is 5.91 Å². The van der Waals surface area contributed by atoms with E-state index < -0.39 is 0 Å². The lowest BCUT2D eigenvalue weighted by Crippen LogP contribution is -2.29. The minimum absolute atomic E-state index is 0.00209. The van der Waals surface area contributed by atoms with Crippen LogP contribution in [0.2, 0.25) is 0 Å². The van der Waals surface area contributed by atoms with E-state index in [1.54, 1.807) is 11.3 Å². The normalized spacial score (nSPS) is 9.88. The Labute approximate surface area is 104 Å². The lowest BCUT2D eigenvalue weighted by atomic mass is 10.3. The molecule has 2 N–H and O–H groups in total. The van der Waals surface area contributed by atoms with Crippen LogP contribution in [0.1, 0.15) is 4.88 Å². The molecule has 3 nitrogen and oxygen atoms in total. The highest BCUT2D eigenvalue weighted by Crippen LogP contribution is 2.07. The van der Waals surface area contributed by atoms with Gasteiger partial charge in [0.25, 0.3) is 0 Å². The van der Waals surface area contributed by atoms with Crippen LogP contribution in [0.15, 0.2) is 47.8 Å². The molecule has 0 atom stereocenters. The highest BCUT2D eigenvalue weighted by molar-refractivity contribution is 7.09. The number of benzene rings is 1. The van der Waals surface area contributed by atoms with E-state index in [0.717, 1.165) is 10.6 Å². The molecular weight excluding hydrogens is 232 g/mol. The molecule has 0 aliphatic carbocycles. The van der Waals surface area contributed by atoms with Crippen LogP contribution in [0.5, 0.6) is 0 Å². The summed E-state index contributed by atoms with van der Waals surface area (Å²) in [6.07, 6.45) is 0. The summed E-state index contributed by atoms with van der Waals surface area (Å²) in [5.41, 5.74) is 0.957. The van der Waals surface area contributed by atoms with Crippen LogP contribution in [0.3, 0.4) is 0 Å². The van der Waals surface area contributed by atoms with Crippen molar-refractivity contribution in [3.63, 3.8) is 0 Å². The Balaban J connectivity index is 1.71. The van der Waals surface area contributed by atoms with Crippen molar-refractivity contribution in [2.45, 2.75) is 6.54 Å². The number of hydrogen-bond donors (Lipinski definition) is 2. The molecule has 1 heterocycles. The molecular formula is C13H14N2OS. The van der Waals surface area contributed by atoms with E-state index in [-0.39, 0.29) is 5.91 Å². The first-order valence-electron chi connectivity index (χ1n) is 5.42. The Hall–Kier alpha value is -1.81. The number of amides is 1. The summed E-state index contributed by atoms with van der Waals surface area (Å²) in [6.45, 7) is 0.905. The summed E-state index contributed by atoms with van der Waals surface area (Å²) in [7, 11) is 0. The van der Waals surface area contributed by atoms with Gasteiger partial charge in [-0.2, -0.15) is 0 Å². The first-order valence-corrected chi connectivity index (χ1v) is 6.30. The number of thiophene rings is 1. The fourth-order valence-electron chi connectivity index (χ4n) is 1.40. The minimum atomic E-state index is 0.00209. The van der Waals surface area contributed by atoms with Gasteiger partial charge >= 0.3 is 0 Å². The smallest absolute Gasteiger partial charge is 0.239 e. The topological polar surface area (TPSA) is 41.1 Å². The van der Waals surface area contributed by atoms with Crippen LogP contribution in [-0.4, -0.2) is 12.5 Å². The molecule has 0 aliphatic heterocycles. The zero-order chi connectivity index (χ0) is 11.9. The van der Waals surface area contributed by atoms with Gasteiger partial charge in [0, 0.05) is 10.6 Å². The maximum atomic E-state index is 11.5. The Morgan fingerprint density at radius 3 is 2.65 bits per heavy atom. The third kappa shape index (κ3) is 3.92. The Kier molecular flexibility index (Phi) is 4.16. The second-order valence-electron chi connectivity index (χ2n) is 3.58. The molecule has 1 aromatic carbocycles. The van der Waals surface area contributed by atoms with Crippen molar-refractivity contribution in [2.24, 2.45) is 0 Å². The number of para-hydroxylation sites is 1.